The summed E-state index contributed by atoms with van der Waals surface area (Å²) < 4.78 is 52.3. The Morgan fingerprint density at radius 1 is 0.936 bits per heavy atom. The number of ketones is 2. The van der Waals surface area contributed by atoms with Crippen molar-refractivity contribution in [2.24, 2.45) is 0 Å². The summed E-state index contributed by atoms with van der Waals surface area (Å²) in [7, 11) is 3.18. The van der Waals surface area contributed by atoms with Crippen LogP contribution in [-0.4, -0.2) is 82.6 Å². The number of piperazine rings is 2. The van der Waals surface area contributed by atoms with E-state index in [4.69, 9.17) is 9.47 Å². The number of alkyl halides is 3. The molecule has 2 atom stereocenters. The first-order valence-corrected chi connectivity index (χ1v) is 15.8. The molecule has 2 aromatic carbocycles. The van der Waals surface area contributed by atoms with Gasteiger partial charge in [0, 0.05) is 93.5 Å². The third-order valence-corrected chi connectivity index (χ3v) is 9.72. The van der Waals surface area contributed by atoms with Crippen molar-refractivity contribution in [3.63, 3.8) is 0 Å². The Labute approximate surface area is 270 Å². The number of anilines is 2. The monoisotopic (exact) mass is 647 g/mol. The van der Waals surface area contributed by atoms with Crippen molar-refractivity contribution in [2.75, 3.05) is 69.8 Å². The van der Waals surface area contributed by atoms with E-state index in [0.717, 1.165) is 54.7 Å². The largest absolute Gasteiger partial charge is 0.495 e. The minimum Gasteiger partial charge on any atom is -0.495 e. The van der Waals surface area contributed by atoms with Gasteiger partial charge in [-0.05, 0) is 53.6 Å². The molecule has 0 radical (unpaired) electrons. The van der Waals surface area contributed by atoms with Crippen LogP contribution in [0.25, 0.3) is 6.08 Å². The van der Waals surface area contributed by atoms with Gasteiger partial charge in [0.2, 0.25) is 0 Å². The first-order chi connectivity index (χ1) is 22.7. The fraction of sp³-hybridized carbons (Fsp3) is 0.400. The number of halogens is 3. The zero-order valence-corrected chi connectivity index (χ0v) is 26.2. The maximum atomic E-state index is 13.6. The quantitative estimate of drug-likeness (QED) is 0.375. The molecular weight excluding hydrogens is 611 g/mol. The number of methoxy groups -OCH3 is 2. The minimum absolute atomic E-state index is 0.0294. The van der Waals surface area contributed by atoms with Crippen LogP contribution in [0.4, 0.5) is 24.5 Å². The molecular formula is C35H36F3N5O4. The Hall–Kier alpha value is -4.42. The molecule has 246 valence electrons. The molecule has 47 heavy (non-hydrogen) atoms. The van der Waals surface area contributed by atoms with Crippen molar-refractivity contribution >= 4 is 29.0 Å². The Kier molecular flexibility index (Phi) is 8.17. The molecule has 2 N–H and O–H groups in total. The Bertz CT molecular complexity index is 1770. The van der Waals surface area contributed by atoms with Crippen LogP contribution in [0.5, 0.6) is 11.5 Å². The van der Waals surface area contributed by atoms with E-state index < -0.39 is 11.7 Å². The molecule has 7 rings (SSSR count). The fourth-order valence-electron chi connectivity index (χ4n) is 7.39. The maximum absolute atomic E-state index is 13.6. The predicted octanol–water partition coefficient (Wildman–Crippen LogP) is 4.50. The van der Waals surface area contributed by atoms with E-state index >= 15 is 0 Å². The van der Waals surface area contributed by atoms with Crippen LogP contribution in [0, 0.1) is 0 Å². The summed E-state index contributed by atoms with van der Waals surface area (Å²) in [5.41, 5.74) is 3.77. The van der Waals surface area contributed by atoms with Crippen molar-refractivity contribution in [3.05, 3.63) is 81.7 Å². The van der Waals surface area contributed by atoms with Gasteiger partial charge in [0.05, 0.1) is 36.9 Å². The Balaban J connectivity index is 1.17. The van der Waals surface area contributed by atoms with E-state index in [0.29, 0.717) is 48.7 Å². The summed E-state index contributed by atoms with van der Waals surface area (Å²) in [6, 6.07) is 9.80. The Morgan fingerprint density at radius 2 is 1.64 bits per heavy atom. The SMILES string of the molecule is COc1cc2c(cc1N1CCNCC1)C([C@H]1CN(c3cc4c(cc3OC)C(=O)/C(=C/c3ncccc3C(F)(F)F)C4)CCN1)CC2=O. The molecule has 3 aromatic rings. The number of aromatic nitrogens is 1. The number of hydrogen-bond donors (Lipinski definition) is 2. The molecule has 2 fully saturated rings. The zero-order valence-electron chi connectivity index (χ0n) is 26.2. The lowest BCUT2D eigenvalue weighted by Crippen LogP contribution is -2.53. The van der Waals surface area contributed by atoms with Gasteiger partial charge in [-0.15, -0.1) is 0 Å². The van der Waals surface area contributed by atoms with Gasteiger partial charge >= 0.3 is 6.18 Å². The standard InChI is InChI=1S/C35H36F3N5O4/c1-46-32-17-22-20(12-21(34(22)45)13-27-26(35(36,37)38)4-3-5-40-27)14-29(32)43-11-8-41-28(19-43)24-16-31(44)25-18-33(47-2)30(15-23(24)25)42-9-6-39-7-10-42/h3-5,13-15,17-18,24,28,39,41H,6-12,16,19H2,1-2H3/b21-13+/t24?,28-/m1/s1. The normalized spacial score (nSPS) is 22.1. The van der Waals surface area contributed by atoms with Gasteiger partial charge in [0.15, 0.2) is 11.6 Å². The molecule has 2 saturated heterocycles. The number of Topliss-reactive ketones (excluding diaryl/α,β-unsaturated/α-hetero) is 2. The van der Waals surface area contributed by atoms with Crippen LogP contribution < -0.4 is 29.9 Å². The summed E-state index contributed by atoms with van der Waals surface area (Å²) >= 11 is 0. The smallest absolute Gasteiger partial charge is 0.418 e. The molecule has 2 aliphatic heterocycles. The molecule has 0 amide bonds. The number of allylic oxidation sites excluding steroid dienone is 1. The topological polar surface area (TPSA) is 96.0 Å². The van der Waals surface area contributed by atoms with Gasteiger partial charge in [-0.3, -0.25) is 14.6 Å². The van der Waals surface area contributed by atoms with E-state index in [1.165, 1.54) is 18.3 Å². The number of carbonyl (C=O) groups is 2. The van der Waals surface area contributed by atoms with Crippen LogP contribution in [0.1, 0.15) is 55.4 Å². The lowest BCUT2D eigenvalue weighted by atomic mass is 9.90. The van der Waals surface area contributed by atoms with Crippen LogP contribution in [0.2, 0.25) is 0 Å². The molecule has 0 bridgehead atoms. The minimum atomic E-state index is -4.59. The lowest BCUT2D eigenvalue weighted by Gasteiger charge is -2.39. The number of hydrogen-bond acceptors (Lipinski definition) is 9. The second-order valence-electron chi connectivity index (χ2n) is 12.4. The third-order valence-electron chi connectivity index (χ3n) is 9.72. The van der Waals surface area contributed by atoms with Gasteiger partial charge in [-0.25, -0.2) is 0 Å². The molecule has 9 nitrogen and oxygen atoms in total. The van der Waals surface area contributed by atoms with E-state index in [1.54, 1.807) is 20.3 Å². The number of ether oxygens (including phenoxy) is 2. The van der Waals surface area contributed by atoms with Gasteiger partial charge in [0.25, 0.3) is 0 Å². The van der Waals surface area contributed by atoms with Crippen LogP contribution in [0.15, 0.2) is 48.2 Å². The van der Waals surface area contributed by atoms with Gasteiger partial charge in [-0.1, -0.05) is 0 Å². The fourth-order valence-corrected chi connectivity index (χ4v) is 7.39. The third kappa shape index (κ3) is 5.73. The number of nitrogens with one attached hydrogen (secondary N) is 2. The van der Waals surface area contributed by atoms with Gasteiger partial charge in [0.1, 0.15) is 11.5 Å². The summed E-state index contributed by atoms with van der Waals surface area (Å²) in [6.07, 6.45) is -1.47. The molecule has 2 aliphatic carbocycles. The maximum Gasteiger partial charge on any atom is 0.418 e. The number of benzene rings is 2. The molecule has 3 heterocycles. The van der Waals surface area contributed by atoms with E-state index in [1.807, 2.05) is 12.1 Å². The average Bonchev–Trinajstić information content (AvgIpc) is 3.57. The number of carbonyl (C=O) groups excluding carboxylic acids is 2. The molecule has 1 aromatic heterocycles. The van der Waals surface area contributed by atoms with Crippen LogP contribution in [0.3, 0.4) is 0 Å². The number of rotatable bonds is 6. The van der Waals surface area contributed by atoms with Gasteiger partial charge < -0.3 is 29.9 Å². The first-order valence-electron chi connectivity index (χ1n) is 15.8. The highest BCUT2D eigenvalue weighted by molar-refractivity contribution is 6.16. The van der Waals surface area contributed by atoms with Crippen molar-refractivity contribution in [2.45, 2.75) is 31.0 Å². The van der Waals surface area contributed by atoms with E-state index in [2.05, 4.69) is 31.5 Å². The summed E-state index contributed by atoms with van der Waals surface area (Å²) in [4.78, 5) is 35.1. The highest BCUT2D eigenvalue weighted by Crippen LogP contribution is 2.44. The van der Waals surface area contributed by atoms with E-state index in [9.17, 15) is 22.8 Å². The van der Waals surface area contributed by atoms with E-state index in [-0.39, 0.29) is 41.2 Å². The van der Waals surface area contributed by atoms with Crippen molar-refractivity contribution in [1.82, 2.24) is 15.6 Å². The lowest BCUT2D eigenvalue weighted by molar-refractivity contribution is -0.138. The second kappa shape index (κ2) is 12.3. The molecule has 0 spiro atoms. The number of pyridine rings is 1. The van der Waals surface area contributed by atoms with Crippen molar-refractivity contribution in [3.8, 4) is 11.5 Å². The summed E-state index contributed by atoms with van der Waals surface area (Å²) in [5, 5.41) is 7.03. The molecule has 4 aliphatic rings. The zero-order chi connectivity index (χ0) is 32.9. The Morgan fingerprint density at radius 3 is 2.36 bits per heavy atom. The molecule has 0 saturated carbocycles. The predicted molar refractivity (Wildman–Crippen MR) is 172 cm³/mol. The van der Waals surface area contributed by atoms with Crippen LogP contribution in [-0.2, 0) is 12.6 Å². The first kappa shape index (κ1) is 31.2. The second-order valence-corrected chi connectivity index (χ2v) is 12.4. The molecule has 12 heteroatoms. The van der Waals surface area contributed by atoms with Crippen molar-refractivity contribution < 1.29 is 32.2 Å². The van der Waals surface area contributed by atoms with Crippen molar-refractivity contribution in [1.29, 1.82) is 0 Å². The number of fused-ring (bicyclic) bond motifs is 2. The highest BCUT2D eigenvalue weighted by Gasteiger charge is 2.39. The average molecular weight is 648 g/mol. The summed E-state index contributed by atoms with van der Waals surface area (Å²) in [5.74, 6) is 0.954. The number of nitrogens with zero attached hydrogens (tertiary/aromatic N) is 3. The summed E-state index contributed by atoms with van der Waals surface area (Å²) in [6.45, 7) is 5.41. The van der Waals surface area contributed by atoms with Gasteiger partial charge in [-0.2, -0.15) is 13.2 Å². The highest BCUT2D eigenvalue weighted by atomic mass is 19.4. The van der Waals surface area contributed by atoms with Crippen LogP contribution >= 0.6 is 0 Å². The molecule has 1 unspecified atom stereocenters.